The van der Waals surface area contributed by atoms with Crippen molar-refractivity contribution in [3.8, 4) is 78.8 Å². The van der Waals surface area contributed by atoms with Gasteiger partial charge in [0.25, 0.3) is 0 Å². The molecule has 12 rings (SSSR count). The molecule has 0 spiro atoms. The smallest absolute Gasteiger partial charge is 0.164 e. The second kappa shape index (κ2) is 15.2. The molecular formula is C58H36N4O. The molecule has 63 heavy (non-hydrogen) atoms. The average molecular weight is 805 g/mol. The van der Waals surface area contributed by atoms with Gasteiger partial charge in [0.15, 0.2) is 17.5 Å². The topological polar surface area (TPSA) is 64.7 Å². The summed E-state index contributed by atoms with van der Waals surface area (Å²) in [4.78, 5) is 20.4. The minimum absolute atomic E-state index is 0.613. The number of nitrogens with zero attached hydrogens (tertiary/aromatic N) is 4. The van der Waals surface area contributed by atoms with Crippen LogP contribution in [-0.4, -0.2) is 19.9 Å². The first-order valence-electron chi connectivity index (χ1n) is 21.1. The van der Waals surface area contributed by atoms with Crippen LogP contribution in [0.5, 0.6) is 0 Å². The molecule has 0 aliphatic carbocycles. The molecule has 0 amide bonds. The molecular weight excluding hydrogens is 769 g/mol. The molecule has 12 aromatic rings. The van der Waals surface area contributed by atoms with Gasteiger partial charge in [-0.1, -0.05) is 194 Å². The molecule has 0 fully saturated rings. The highest BCUT2D eigenvalue weighted by Gasteiger charge is 2.22. The van der Waals surface area contributed by atoms with E-state index < -0.39 is 0 Å². The Labute approximate surface area is 363 Å². The van der Waals surface area contributed by atoms with E-state index in [1.165, 1.54) is 5.56 Å². The van der Waals surface area contributed by atoms with Gasteiger partial charge in [-0.25, -0.2) is 19.9 Å². The Balaban J connectivity index is 0.963. The number of aromatic nitrogens is 4. The Hall–Kier alpha value is -8.54. The maximum atomic E-state index is 6.59. The fourth-order valence-electron chi connectivity index (χ4n) is 8.88. The van der Waals surface area contributed by atoms with Gasteiger partial charge in [0.05, 0.1) is 11.2 Å². The molecule has 3 heterocycles. The molecule has 0 saturated heterocycles. The third-order valence-corrected chi connectivity index (χ3v) is 11.9. The Morgan fingerprint density at radius 1 is 0.270 bits per heavy atom. The van der Waals surface area contributed by atoms with E-state index in [0.717, 1.165) is 99.4 Å². The van der Waals surface area contributed by atoms with Crippen molar-refractivity contribution in [2.24, 2.45) is 0 Å². The highest BCUT2D eigenvalue weighted by atomic mass is 16.3. The predicted octanol–water partition coefficient (Wildman–Crippen LogP) is 15.1. The van der Waals surface area contributed by atoms with Gasteiger partial charge in [0.2, 0.25) is 0 Å². The lowest BCUT2D eigenvalue weighted by Gasteiger charge is -2.16. The van der Waals surface area contributed by atoms with Gasteiger partial charge in [-0.2, -0.15) is 0 Å². The summed E-state index contributed by atoms with van der Waals surface area (Å²) in [7, 11) is 0. The molecule has 294 valence electrons. The van der Waals surface area contributed by atoms with Crippen molar-refractivity contribution in [3.63, 3.8) is 0 Å². The summed E-state index contributed by atoms with van der Waals surface area (Å²) in [5, 5.41) is 5.53. The molecule has 3 aromatic heterocycles. The van der Waals surface area contributed by atoms with Crippen LogP contribution in [-0.2, 0) is 0 Å². The molecule has 0 N–H and O–H groups in total. The van der Waals surface area contributed by atoms with Crippen LogP contribution in [0.4, 0.5) is 0 Å². The van der Waals surface area contributed by atoms with Crippen LogP contribution in [0.3, 0.4) is 0 Å². The summed E-state index contributed by atoms with van der Waals surface area (Å²) in [5.74, 6) is 1.86. The zero-order valence-electron chi connectivity index (χ0n) is 34.0. The van der Waals surface area contributed by atoms with Crippen LogP contribution in [0.2, 0.25) is 0 Å². The molecule has 0 aliphatic heterocycles. The van der Waals surface area contributed by atoms with Crippen LogP contribution in [0.1, 0.15) is 0 Å². The monoisotopic (exact) mass is 804 g/mol. The molecule has 0 unspecified atom stereocenters. The van der Waals surface area contributed by atoms with Crippen LogP contribution in [0.25, 0.3) is 122 Å². The number of hydrogen-bond donors (Lipinski definition) is 0. The van der Waals surface area contributed by atoms with Crippen molar-refractivity contribution in [1.29, 1.82) is 0 Å². The summed E-state index contributed by atoms with van der Waals surface area (Å²) in [6, 6.07) is 75.7. The Kier molecular flexibility index (Phi) is 8.75. The second-order valence-corrected chi connectivity index (χ2v) is 15.8. The van der Waals surface area contributed by atoms with E-state index in [9.17, 15) is 0 Å². The van der Waals surface area contributed by atoms with Crippen molar-refractivity contribution in [2.45, 2.75) is 0 Å². The summed E-state index contributed by atoms with van der Waals surface area (Å²) in [5.41, 5.74) is 14.1. The number of furan rings is 1. The summed E-state index contributed by atoms with van der Waals surface area (Å²) >= 11 is 0. The largest absolute Gasteiger partial charge is 0.456 e. The molecule has 0 bridgehead atoms. The Morgan fingerprint density at radius 2 is 0.746 bits per heavy atom. The van der Waals surface area contributed by atoms with Crippen LogP contribution in [0, 0.1) is 0 Å². The maximum Gasteiger partial charge on any atom is 0.164 e. The fraction of sp³-hybridized carbons (Fsp3) is 0. The van der Waals surface area contributed by atoms with Gasteiger partial charge >= 0.3 is 0 Å². The van der Waals surface area contributed by atoms with Crippen molar-refractivity contribution in [2.75, 3.05) is 0 Å². The van der Waals surface area contributed by atoms with Gasteiger partial charge < -0.3 is 4.42 Å². The van der Waals surface area contributed by atoms with Crippen LogP contribution < -0.4 is 0 Å². The quantitative estimate of drug-likeness (QED) is 0.150. The number of fused-ring (bicyclic) bond motifs is 6. The molecule has 5 heteroatoms. The third kappa shape index (κ3) is 6.51. The van der Waals surface area contributed by atoms with Crippen molar-refractivity contribution >= 4 is 43.6 Å². The molecule has 0 aliphatic rings. The lowest BCUT2D eigenvalue weighted by molar-refractivity contribution is 0.669. The first-order chi connectivity index (χ1) is 31.2. The lowest BCUT2D eigenvalue weighted by atomic mass is 9.89. The highest BCUT2D eigenvalue weighted by Crippen LogP contribution is 2.46. The molecule has 0 saturated carbocycles. The number of para-hydroxylation sites is 2. The van der Waals surface area contributed by atoms with Crippen molar-refractivity contribution < 1.29 is 4.42 Å². The van der Waals surface area contributed by atoms with Crippen LogP contribution in [0.15, 0.2) is 223 Å². The van der Waals surface area contributed by atoms with E-state index in [4.69, 9.17) is 24.4 Å². The normalized spacial score (nSPS) is 11.5. The lowest BCUT2D eigenvalue weighted by Crippen LogP contribution is -2.00. The van der Waals surface area contributed by atoms with Crippen molar-refractivity contribution in [3.05, 3.63) is 218 Å². The number of hydrogen-bond acceptors (Lipinski definition) is 5. The van der Waals surface area contributed by atoms with Gasteiger partial charge in [-0.15, -0.1) is 0 Å². The maximum absolute atomic E-state index is 6.59. The zero-order valence-corrected chi connectivity index (χ0v) is 34.0. The van der Waals surface area contributed by atoms with E-state index in [-0.39, 0.29) is 0 Å². The molecule has 0 atom stereocenters. The van der Waals surface area contributed by atoms with E-state index >= 15 is 0 Å². The summed E-state index contributed by atoms with van der Waals surface area (Å²) in [6.07, 6.45) is 0. The van der Waals surface area contributed by atoms with Crippen molar-refractivity contribution in [1.82, 2.24) is 19.9 Å². The minimum atomic E-state index is 0.613. The van der Waals surface area contributed by atoms with E-state index in [1.54, 1.807) is 0 Å². The third-order valence-electron chi connectivity index (χ3n) is 11.9. The van der Waals surface area contributed by atoms with Gasteiger partial charge in [-0.3, -0.25) is 0 Å². The van der Waals surface area contributed by atoms with E-state index in [1.807, 2.05) is 48.5 Å². The first kappa shape index (κ1) is 36.3. The average Bonchev–Trinajstić information content (AvgIpc) is 3.74. The molecule has 5 nitrogen and oxygen atoms in total. The zero-order chi connectivity index (χ0) is 41.7. The summed E-state index contributed by atoms with van der Waals surface area (Å²) in [6.45, 7) is 0. The molecule has 0 radical (unpaired) electrons. The fourth-order valence-corrected chi connectivity index (χ4v) is 8.88. The Morgan fingerprint density at radius 3 is 1.44 bits per heavy atom. The minimum Gasteiger partial charge on any atom is -0.456 e. The number of benzene rings is 9. The van der Waals surface area contributed by atoms with E-state index in [0.29, 0.717) is 17.5 Å². The Bertz CT molecular complexity index is 3640. The molecule has 9 aromatic carbocycles. The predicted molar refractivity (Wildman–Crippen MR) is 258 cm³/mol. The summed E-state index contributed by atoms with van der Waals surface area (Å²) < 4.78 is 6.59. The standard InChI is InChI=1S/C58H36N4O/c1-4-15-37(16-5-1)38-29-33-43(34-30-38)57-60-56(42-19-8-3-9-20-42)61-58(62-57)45-22-14-21-44(35-45)39-27-31-41(32-28-39)55-48-36-51-54(47-24-11-13-26-50(47)63-51)52(40-17-6-2-7-18-40)53(48)46-23-10-12-25-49(46)59-55/h1-36H. The van der Waals surface area contributed by atoms with E-state index in [2.05, 4.69) is 170 Å². The number of rotatable bonds is 7. The first-order valence-corrected chi connectivity index (χ1v) is 21.1. The van der Waals surface area contributed by atoms with Gasteiger partial charge in [0.1, 0.15) is 11.2 Å². The second-order valence-electron chi connectivity index (χ2n) is 15.8. The number of pyridine rings is 1. The highest BCUT2D eigenvalue weighted by molar-refractivity contribution is 6.27. The van der Waals surface area contributed by atoms with Crippen LogP contribution >= 0.6 is 0 Å². The SMILES string of the molecule is c1ccc(-c2ccc(-c3nc(-c4ccccc4)nc(-c4cccc(-c5ccc(-c6nc7ccccc7c7c(-c8ccccc8)c8c(cc67)oc6ccccc68)cc5)c4)n3)cc2)cc1. The van der Waals surface area contributed by atoms with Gasteiger partial charge in [0, 0.05) is 54.7 Å². The van der Waals surface area contributed by atoms with Gasteiger partial charge in [-0.05, 0) is 52.1 Å².